The first-order valence-electron chi connectivity index (χ1n) is 5.92. The Kier molecular flexibility index (Phi) is 3.71. The van der Waals surface area contributed by atoms with E-state index in [4.69, 9.17) is 5.11 Å². The quantitative estimate of drug-likeness (QED) is 0.764. The van der Waals surface area contributed by atoms with Crippen LogP contribution in [-0.4, -0.2) is 35.4 Å². The number of fused-ring (bicyclic) bond motifs is 1. The summed E-state index contributed by atoms with van der Waals surface area (Å²) in [4.78, 5) is 41.7. The van der Waals surface area contributed by atoms with Crippen LogP contribution in [-0.2, 0) is 18.9 Å². The topological polar surface area (TPSA) is 110 Å². The molecule has 1 unspecified atom stereocenters. The zero-order valence-electron chi connectivity index (χ0n) is 11.2. The van der Waals surface area contributed by atoms with Gasteiger partial charge in [-0.15, -0.1) is 0 Å². The highest BCUT2D eigenvalue weighted by Crippen LogP contribution is 2.24. The highest BCUT2D eigenvalue weighted by molar-refractivity contribution is 8.00. The number of hydrogen-bond donors (Lipinski definition) is 2. The summed E-state index contributed by atoms with van der Waals surface area (Å²) >= 11 is 1.02. The van der Waals surface area contributed by atoms with Crippen molar-refractivity contribution in [1.29, 1.82) is 0 Å². The first kappa shape index (κ1) is 14.4. The first-order valence-corrected chi connectivity index (χ1v) is 6.80. The molecule has 2 N–H and O–H groups in total. The molecule has 1 atom stereocenters. The van der Waals surface area contributed by atoms with Gasteiger partial charge in [0.25, 0.3) is 5.56 Å². The number of thioether (sulfide) groups is 1. The van der Waals surface area contributed by atoms with Crippen LogP contribution in [0.25, 0.3) is 11.2 Å². The molecule has 0 aliphatic carbocycles. The van der Waals surface area contributed by atoms with Crippen LogP contribution >= 0.6 is 11.8 Å². The number of hydrogen-bond acceptors (Lipinski definition) is 5. The molecule has 0 amide bonds. The van der Waals surface area contributed by atoms with Crippen molar-refractivity contribution in [3.05, 3.63) is 20.8 Å². The van der Waals surface area contributed by atoms with Gasteiger partial charge < -0.3 is 10.1 Å². The number of carbonyl (C=O) groups is 1. The van der Waals surface area contributed by atoms with Crippen LogP contribution in [0.1, 0.15) is 13.3 Å². The third-order valence-corrected chi connectivity index (χ3v) is 4.21. The van der Waals surface area contributed by atoms with Gasteiger partial charge in [0, 0.05) is 14.1 Å². The number of nitrogens with zero attached hydrogens (tertiary/aromatic N) is 3. The number of rotatable bonds is 4. The van der Waals surface area contributed by atoms with Crippen LogP contribution in [0.2, 0.25) is 0 Å². The Bertz CT molecular complexity index is 788. The largest absolute Gasteiger partial charge is 0.480 e. The van der Waals surface area contributed by atoms with E-state index in [1.807, 2.05) is 0 Å². The Hall–Kier alpha value is -2.03. The Morgan fingerprint density at radius 1 is 1.40 bits per heavy atom. The van der Waals surface area contributed by atoms with E-state index in [0.717, 1.165) is 16.3 Å². The SMILES string of the molecule is CCC(Sc1nc2c([nH]1)c(=O)n(C)c(=O)n2C)C(=O)O. The van der Waals surface area contributed by atoms with Crippen molar-refractivity contribution >= 4 is 28.9 Å². The lowest BCUT2D eigenvalue weighted by molar-refractivity contribution is -0.136. The molecular formula is C11H14N4O4S. The van der Waals surface area contributed by atoms with Gasteiger partial charge in [-0.1, -0.05) is 18.7 Å². The predicted octanol–water partition coefficient (Wildman–Crippen LogP) is -0.0844. The summed E-state index contributed by atoms with van der Waals surface area (Å²) in [6.45, 7) is 1.75. The molecule has 0 spiro atoms. The van der Waals surface area contributed by atoms with E-state index in [9.17, 15) is 14.4 Å². The maximum atomic E-state index is 12.0. The maximum absolute atomic E-state index is 12.0. The minimum absolute atomic E-state index is 0.192. The van der Waals surface area contributed by atoms with Crippen LogP contribution < -0.4 is 11.2 Å². The molecule has 0 aromatic carbocycles. The number of aromatic nitrogens is 4. The number of carboxylic acids is 1. The monoisotopic (exact) mass is 298 g/mol. The van der Waals surface area contributed by atoms with Gasteiger partial charge in [-0.05, 0) is 6.42 Å². The molecule has 8 nitrogen and oxygen atoms in total. The second kappa shape index (κ2) is 5.16. The third kappa shape index (κ3) is 2.24. The number of nitrogens with one attached hydrogen (secondary N) is 1. The van der Waals surface area contributed by atoms with Gasteiger partial charge in [-0.25, -0.2) is 9.78 Å². The summed E-state index contributed by atoms with van der Waals surface area (Å²) in [5.41, 5.74) is -0.542. The Balaban J connectivity index is 2.58. The minimum atomic E-state index is -0.945. The van der Waals surface area contributed by atoms with Gasteiger partial charge in [0.05, 0.1) is 0 Å². The second-order valence-corrected chi connectivity index (χ2v) is 5.49. The van der Waals surface area contributed by atoms with E-state index in [0.29, 0.717) is 11.6 Å². The lowest BCUT2D eigenvalue weighted by Gasteiger charge is -2.05. The number of H-pyrrole nitrogens is 1. The van der Waals surface area contributed by atoms with E-state index >= 15 is 0 Å². The maximum Gasteiger partial charge on any atom is 0.332 e. The Morgan fingerprint density at radius 3 is 2.60 bits per heavy atom. The fourth-order valence-corrected chi connectivity index (χ4v) is 2.64. The van der Waals surface area contributed by atoms with Crippen molar-refractivity contribution in [1.82, 2.24) is 19.1 Å². The van der Waals surface area contributed by atoms with E-state index in [2.05, 4.69) is 9.97 Å². The average molecular weight is 298 g/mol. The lowest BCUT2D eigenvalue weighted by atomic mass is 10.3. The Labute approximate surface area is 117 Å². The van der Waals surface area contributed by atoms with Crippen molar-refractivity contribution in [3.63, 3.8) is 0 Å². The number of aromatic amines is 1. The van der Waals surface area contributed by atoms with Crippen molar-refractivity contribution in [2.45, 2.75) is 23.8 Å². The molecule has 0 radical (unpaired) electrons. The van der Waals surface area contributed by atoms with Gasteiger partial charge in [0.1, 0.15) is 5.25 Å². The summed E-state index contributed by atoms with van der Waals surface area (Å²) in [6, 6.07) is 0. The average Bonchev–Trinajstić information content (AvgIpc) is 2.84. The minimum Gasteiger partial charge on any atom is -0.480 e. The lowest BCUT2D eigenvalue weighted by Crippen LogP contribution is -2.36. The molecule has 2 rings (SSSR count). The van der Waals surface area contributed by atoms with Gasteiger partial charge in [-0.3, -0.25) is 18.7 Å². The zero-order chi connectivity index (χ0) is 15.0. The molecule has 0 saturated carbocycles. The molecule has 2 aromatic heterocycles. The van der Waals surface area contributed by atoms with Crippen molar-refractivity contribution in [3.8, 4) is 0 Å². The van der Waals surface area contributed by atoms with Crippen molar-refractivity contribution < 1.29 is 9.90 Å². The molecular weight excluding hydrogens is 284 g/mol. The van der Waals surface area contributed by atoms with Gasteiger partial charge in [0.2, 0.25) is 0 Å². The summed E-state index contributed by atoms with van der Waals surface area (Å²) < 4.78 is 2.22. The number of carboxylic acid groups (broad SMARTS) is 1. The molecule has 0 aliphatic heterocycles. The fourth-order valence-electron chi connectivity index (χ4n) is 1.80. The molecule has 2 heterocycles. The van der Waals surface area contributed by atoms with Gasteiger partial charge >= 0.3 is 11.7 Å². The summed E-state index contributed by atoms with van der Waals surface area (Å²) in [5, 5.41) is 8.68. The summed E-state index contributed by atoms with van der Waals surface area (Å²) in [6.07, 6.45) is 0.425. The Morgan fingerprint density at radius 2 is 2.05 bits per heavy atom. The number of imidazole rings is 1. The standard InChI is InChI=1S/C11H14N4O4S/c1-4-5(9(17)18)20-10-12-6-7(13-10)14(2)11(19)15(3)8(6)16/h5H,4H2,1-3H3,(H,12,13)(H,17,18). The zero-order valence-corrected chi connectivity index (χ0v) is 12.0. The highest BCUT2D eigenvalue weighted by atomic mass is 32.2. The van der Waals surface area contributed by atoms with Crippen LogP contribution in [0.15, 0.2) is 14.7 Å². The normalized spacial score (nSPS) is 12.8. The molecule has 9 heteroatoms. The summed E-state index contributed by atoms with van der Waals surface area (Å²) in [5.74, 6) is -0.945. The molecule has 108 valence electrons. The predicted molar refractivity (Wildman–Crippen MR) is 74.1 cm³/mol. The van der Waals surface area contributed by atoms with E-state index in [-0.39, 0.29) is 11.2 Å². The second-order valence-electron chi connectivity index (χ2n) is 4.30. The van der Waals surface area contributed by atoms with Crippen LogP contribution in [0.5, 0.6) is 0 Å². The van der Waals surface area contributed by atoms with Crippen molar-refractivity contribution in [2.24, 2.45) is 14.1 Å². The van der Waals surface area contributed by atoms with Gasteiger partial charge in [0.15, 0.2) is 16.3 Å². The van der Waals surface area contributed by atoms with Gasteiger partial charge in [-0.2, -0.15) is 0 Å². The van der Waals surface area contributed by atoms with E-state index < -0.39 is 22.5 Å². The molecule has 0 saturated heterocycles. The molecule has 2 aromatic rings. The van der Waals surface area contributed by atoms with Crippen LogP contribution in [0.3, 0.4) is 0 Å². The fraction of sp³-hybridized carbons (Fsp3) is 0.455. The number of aryl methyl sites for hydroxylation is 1. The first-order chi connectivity index (χ1) is 9.36. The molecule has 20 heavy (non-hydrogen) atoms. The molecule has 0 bridgehead atoms. The smallest absolute Gasteiger partial charge is 0.332 e. The molecule has 0 aliphatic rings. The van der Waals surface area contributed by atoms with Crippen LogP contribution in [0, 0.1) is 0 Å². The third-order valence-electron chi connectivity index (χ3n) is 2.97. The highest BCUT2D eigenvalue weighted by Gasteiger charge is 2.20. The van der Waals surface area contributed by atoms with E-state index in [1.54, 1.807) is 6.92 Å². The molecule has 0 fully saturated rings. The van der Waals surface area contributed by atoms with Crippen LogP contribution in [0.4, 0.5) is 0 Å². The van der Waals surface area contributed by atoms with E-state index in [1.165, 1.54) is 18.7 Å². The summed E-state index contributed by atoms with van der Waals surface area (Å²) in [7, 11) is 2.89. The number of aliphatic carboxylic acids is 1. The van der Waals surface area contributed by atoms with Crippen molar-refractivity contribution in [2.75, 3.05) is 0 Å².